The number of amides is 1. The monoisotopic (exact) mass is 271 g/mol. The molecule has 0 atom stereocenters. The Morgan fingerprint density at radius 1 is 0.950 bits per heavy atom. The van der Waals surface area contributed by atoms with Crippen LogP contribution in [0.15, 0.2) is 54.6 Å². The minimum Gasteiger partial charge on any atom is -0.465 e. The van der Waals surface area contributed by atoms with Crippen LogP contribution in [0, 0.1) is 0 Å². The maximum Gasteiger partial charge on any atom is 0.337 e. The minimum atomic E-state index is -0.545. The Kier molecular flexibility index (Phi) is 4.12. The number of anilines is 1. The Morgan fingerprint density at radius 3 is 2.10 bits per heavy atom. The molecule has 2 aromatic rings. The van der Waals surface area contributed by atoms with Gasteiger partial charge >= 0.3 is 5.97 Å². The molecule has 0 spiro atoms. The van der Waals surface area contributed by atoms with Crippen LogP contribution in [0.1, 0.15) is 20.7 Å². The van der Waals surface area contributed by atoms with E-state index in [1.54, 1.807) is 30.3 Å². The molecule has 0 fully saturated rings. The number of carbonyl (C=O) groups excluding carboxylic acids is 2. The van der Waals surface area contributed by atoms with E-state index in [-0.39, 0.29) is 5.69 Å². The Morgan fingerprint density at radius 2 is 1.55 bits per heavy atom. The van der Waals surface area contributed by atoms with Crippen LogP contribution in [0.3, 0.4) is 0 Å². The zero-order valence-electron chi connectivity index (χ0n) is 10.8. The molecule has 0 bridgehead atoms. The average Bonchev–Trinajstić information content (AvgIpc) is 2.53. The van der Waals surface area contributed by atoms with Crippen molar-refractivity contribution in [1.82, 2.24) is 0 Å². The summed E-state index contributed by atoms with van der Waals surface area (Å²) in [7, 11) is 1.29. The lowest BCUT2D eigenvalue weighted by Crippen LogP contribution is -2.26. The van der Waals surface area contributed by atoms with E-state index in [9.17, 15) is 14.8 Å². The standard InChI is InChI=1S/C15H13NO4/c1-20-15(18)12-7-9-13(10-8-12)16(19)14(17)11-5-3-2-4-6-11/h2-10,19H,1H3. The Labute approximate surface area is 116 Å². The summed E-state index contributed by atoms with van der Waals surface area (Å²) in [5, 5.41) is 10.4. The molecule has 0 aromatic heterocycles. The van der Waals surface area contributed by atoms with Crippen molar-refractivity contribution in [2.24, 2.45) is 0 Å². The van der Waals surface area contributed by atoms with E-state index >= 15 is 0 Å². The van der Waals surface area contributed by atoms with Gasteiger partial charge < -0.3 is 4.74 Å². The summed E-state index contributed by atoms with van der Waals surface area (Å²) >= 11 is 0. The molecule has 5 heteroatoms. The van der Waals surface area contributed by atoms with Crippen LogP contribution in [0.5, 0.6) is 0 Å². The topological polar surface area (TPSA) is 66.8 Å². The van der Waals surface area contributed by atoms with E-state index in [1.165, 1.54) is 31.4 Å². The lowest BCUT2D eigenvalue weighted by Gasteiger charge is -2.15. The Bertz CT molecular complexity index is 608. The highest BCUT2D eigenvalue weighted by Gasteiger charge is 2.15. The lowest BCUT2D eigenvalue weighted by molar-refractivity contribution is 0.0600. The first-order valence-electron chi connectivity index (χ1n) is 5.90. The summed E-state index contributed by atoms with van der Waals surface area (Å²) in [6, 6.07) is 14.3. The smallest absolute Gasteiger partial charge is 0.337 e. The number of esters is 1. The number of hydrogen-bond acceptors (Lipinski definition) is 4. The molecule has 0 radical (unpaired) electrons. The number of carbonyl (C=O) groups is 2. The third kappa shape index (κ3) is 2.84. The van der Waals surface area contributed by atoms with Crippen molar-refractivity contribution < 1.29 is 19.5 Å². The van der Waals surface area contributed by atoms with Crippen LogP contribution in [-0.4, -0.2) is 24.2 Å². The first kappa shape index (κ1) is 13.8. The van der Waals surface area contributed by atoms with Gasteiger partial charge in [0.25, 0.3) is 5.91 Å². The van der Waals surface area contributed by atoms with Crippen LogP contribution in [-0.2, 0) is 4.74 Å². The second-order valence-corrected chi connectivity index (χ2v) is 4.02. The van der Waals surface area contributed by atoms with Gasteiger partial charge in [0.15, 0.2) is 0 Å². The quantitative estimate of drug-likeness (QED) is 0.529. The molecule has 0 aliphatic heterocycles. The maximum absolute atomic E-state index is 12.0. The summed E-state index contributed by atoms with van der Waals surface area (Å²) in [6.07, 6.45) is 0. The molecule has 5 nitrogen and oxygen atoms in total. The van der Waals surface area contributed by atoms with Gasteiger partial charge in [0.1, 0.15) is 0 Å². The van der Waals surface area contributed by atoms with Gasteiger partial charge in [-0.3, -0.25) is 10.0 Å². The van der Waals surface area contributed by atoms with Crippen molar-refractivity contribution in [1.29, 1.82) is 0 Å². The molecule has 1 amide bonds. The van der Waals surface area contributed by atoms with Crippen molar-refractivity contribution in [3.63, 3.8) is 0 Å². The van der Waals surface area contributed by atoms with Gasteiger partial charge in [0.2, 0.25) is 0 Å². The number of hydroxylamine groups is 1. The molecular formula is C15H13NO4. The normalized spacial score (nSPS) is 9.90. The first-order chi connectivity index (χ1) is 9.63. The van der Waals surface area contributed by atoms with E-state index < -0.39 is 11.9 Å². The van der Waals surface area contributed by atoms with Gasteiger partial charge in [0, 0.05) is 5.56 Å². The maximum atomic E-state index is 12.0. The van der Waals surface area contributed by atoms with E-state index in [1.807, 2.05) is 0 Å². The SMILES string of the molecule is COC(=O)c1ccc(N(O)C(=O)c2ccccc2)cc1. The molecule has 0 aliphatic carbocycles. The fourth-order valence-electron chi connectivity index (χ4n) is 1.68. The molecule has 1 N–H and O–H groups in total. The zero-order chi connectivity index (χ0) is 14.5. The summed E-state index contributed by atoms with van der Waals surface area (Å²) in [5.41, 5.74) is 0.982. The lowest BCUT2D eigenvalue weighted by atomic mass is 10.2. The van der Waals surface area contributed by atoms with Gasteiger partial charge in [-0.15, -0.1) is 0 Å². The number of hydrogen-bond donors (Lipinski definition) is 1. The van der Waals surface area contributed by atoms with Gasteiger partial charge in [-0.05, 0) is 36.4 Å². The average molecular weight is 271 g/mol. The van der Waals surface area contributed by atoms with Crippen molar-refractivity contribution in [2.45, 2.75) is 0 Å². The summed E-state index contributed by atoms with van der Waals surface area (Å²) < 4.78 is 4.57. The van der Waals surface area contributed by atoms with E-state index in [0.29, 0.717) is 16.2 Å². The van der Waals surface area contributed by atoms with Crippen LogP contribution >= 0.6 is 0 Å². The largest absolute Gasteiger partial charge is 0.465 e. The molecule has 0 heterocycles. The van der Waals surface area contributed by atoms with Crippen molar-refractivity contribution in [2.75, 3.05) is 12.2 Å². The van der Waals surface area contributed by atoms with Crippen molar-refractivity contribution in [3.8, 4) is 0 Å². The van der Waals surface area contributed by atoms with E-state index in [4.69, 9.17) is 0 Å². The van der Waals surface area contributed by atoms with Crippen molar-refractivity contribution in [3.05, 3.63) is 65.7 Å². The number of methoxy groups -OCH3 is 1. The molecule has 2 aromatic carbocycles. The Balaban J connectivity index is 2.19. The predicted octanol–water partition coefficient (Wildman–Crippen LogP) is 2.51. The van der Waals surface area contributed by atoms with Gasteiger partial charge in [0.05, 0.1) is 18.4 Å². The molecular weight excluding hydrogens is 258 g/mol. The fraction of sp³-hybridized carbons (Fsp3) is 0.0667. The molecule has 0 saturated carbocycles. The third-order valence-electron chi connectivity index (χ3n) is 2.75. The van der Waals surface area contributed by atoms with Gasteiger partial charge in [-0.2, -0.15) is 5.06 Å². The Hall–Kier alpha value is -2.66. The van der Waals surface area contributed by atoms with Gasteiger partial charge in [-0.25, -0.2) is 4.79 Å². The zero-order valence-corrected chi connectivity index (χ0v) is 10.8. The first-order valence-corrected chi connectivity index (χ1v) is 5.90. The van der Waals surface area contributed by atoms with Gasteiger partial charge in [-0.1, -0.05) is 18.2 Å². The highest BCUT2D eigenvalue weighted by molar-refractivity contribution is 6.04. The number of rotatable bonds is 3. The molecule has 0 saturated heterocycles. The number of nitrogens with zero attached hydrogens (tertiary/aromatic N) is 1. The molecule has 2 rings (SSSR count). The fourth-order valence-corrected chi connectivity index (χ4v) is 1.68. The highest BCUT2D eigenvalue weighted by Crippen LogP contribution is 2.16. The third-order valence-corrected chi connectivity index (χ3v) is 2.75. The summed E-state index contributed by atoms with van der Waals surface area (Å²) in [6.45, 7) is 0. The van der Waals surface area contributed by atoms with Crippen LogP contribution < -0.4 is 5.06 Å². The van der Waals surface area contributed by atoms with Crippen LogP contribution in [0.4, 0.5) is 5.69 Å². The summed E-state index contributed by atoms with van der Waals surface area (Å²) in [4.78, 5) is 23.3. The minimum absolute atomic E-state index is 0.270. The second-order valence-electron chi connectivity index (χ2n) is 4.02. The molecule has 0 unspecified atom stereocenters. The predicted molar refractivity (Wildman–Crippen MR) is 72.8 cm³/mol. The molecule has 102 valence electrons. The molecule has 20 heavy (non-hydrogen) atoms. The van der Waals surface area contributed by atoms with E-state index in [2.05, 4.69) is 4.74 Å². The van der Waals surface area contributed by atoms with Crippen molar-refractivity contribution >= 4 is 17.6 Å². The van der Waals surface area contributed by atoms with Crippen LogP contribution in [0.2, 0.25) is 0 Å². The molecule has 0 aliphatic rings. The number of benzene rings is 2. The highest BCUT2D eigenvalue weighted by atomic mass is 16.5. The summed E-state index contributed by atoms with van der Waals surface area (Å²) in [5.74, 6) is -1.02. The second kappa shape index (κ2) is 5.99. The van der Waals surface area contributed by atoms with E-state index in [0.717, 1.165) is 0 Å². The van der Waals surface area contributed by atoms with Crippen LogP contribution in [0.25, 0.3) is 0 Å². The number of ether oxygens (including phenoxy) is 1.